The van der Waals surface area contributed by atoms with Gasteiger partial charge in [0.05, 0.1) is 5.69 Å². The van der Waals surface area contributed by atoms with Crippen molar-refractivity contribution in [1.29, 1.82) is 0 Å². The number of halogens is 2. The van der Waals surface area contributed by atoms with Gasteiger partial charge in [-0.05, 0) is 31.3 Å². The lowest BCUT2D eigenvalue weighted by Crippen LogP contribution is -2.13. The van der Waals surface area contributed by atoms with Crippen LogP contribution >= 0.6 is 15.9 Å². The zero-order valence-corrected chi connectivity index (χ0v) is 13.0. The number of nitrogens with one attached hydrogen (secondary N) is 3. The molecule has 1 aromatic carbocycles. The average Bonchev–Trinajstić information content (AvgIpc) is 2.83. The van der Waals surface area contributed by atoms with Gasteiger partial charge < -0.3 is 10.3 Å². The molecule has 3 N–H and O–H groups in total. The predicted molar refractivity (Wildman–Crippen MR) is 78.5 cm³/mol. The molecule has 2 rings (SSSR count). The average molecular weight is 362 g/mol. The Bertz CT molecular complexity index is 715. The smallest absolute Gasteiger partial charge is 0.263 e. The molecule has 0 aliphatic heterocycles. The van der Waals surface area contributed by atoms with Crippen LogP contribution in [0.3, 0.4) is 0 Å². The number of H-pyrrole nitrogens is 1. The molecule has 0 saturated carbocycles. The van der Waals surface area contributed by atoms with Gasteiger partial charge in [-0.2, -0.15) is 0 Å². The molecule has 0 aliphatic rings. The molecule has 0 radical (unpaired) electrons. The summed E-state index contributed by atoms with van der Waals surface area (Å²) in [6, 6.07) is 5.54. The molecule has 20 heavy (non-hydrogen) atoms. The molecule has 0 saturated heterocycles. The van der Waals surface area contributed by atoms with Gasteiger partial charge in [-0.1, -0.05) is 15.9 Å². The van der Waals surface area contributed by atoms with Crippen molar-refractivity contribution in [3.05, 3.63) is 46.4 Å². The van der Waals surface area contributed by atoms with Gasteiger partial charge in [0.1, 0.15) is 10.7 Å². The third kappa shape index (κ3) is 3.38. The highest BCUT2D eigenvalue weighted by molar-refractivity contribution is 9.10. The van der Waals surface area contributed by atoms with Crippen LogP contribution in [0, 0.1) is 5.82 Å². The summed E-state index contributed by atoms with van der Waals surface area (Å²) in [5.41, 5.74) is 0.623. The Labute approximate surface area is 124 Å². The molecule has 1 aromatic heterocycles. The van der Waals surface area contributed by atoms with Gasteiger partial charge >= 0.3 is 0 Å². The Hall–Kier alpha value is -1.38. The van der Waals surface area contributed by atoms with E-state index < -0.39 is 15.8 Å². The van der Waals surface area contributed by atoms with E-state index in [0.29, 0.717) is 11.0 Å². The summed E-state index contributed by atoms with van der Waals surface area (Å²) in [7, 11) is -2.07. The van der Waals surface area contributed by atoms with Crippen LogP contribution in [0.2, 0.25) is 0 Å². The van der Waals surface area contributed by atoms with Crippen LogP contribution in [0.15, 0.2) is 39.8 Å². The number of hydrogen-bond donors (Lipinski definition) is 3. The molecule has 0 unspecified atom stereocenters. The summed E-state index contributed by atoms with van der Waals surface area (Å²) in [6.45, 7) is 0.515. The zero-order chi connectivity index (χ0) is 14.8. The molecule has 0 fully saturated rings. The highest BCUT2D eigenvalue weighted by atomic mass is 79.9. The second-order valence-corrected chi connectivity index (χ2v) is 6.72. The summed E-state index contributed by atoms with van der Waals surface area (Å²) in [5, 5.41) is 2.90. The number of aromatic nitrogens is 1. The van der Waals surface area contributed by atoms with Gasteiger partial charge in [0.2, 0.25) is 0 Å². The number of aromatic amines is 1. The lowest BCUT2D eigenvalue weighted by atomic mass is 10.3. The van der Waals surface area contributed by atoms with Gasteiger partial charge in [0.15, 0.2) is 0 Å². The highest BCUT2D eigenvalue weighted by Gasteiger charge is 2.18. The molecule has 0 aliphatic carbocycles. The third-order valence-corrected chi connectivity index (χ3v) is 4.40. The SMILES string of the molecule is CNCc1cc(S(=O)(=O)Nc2cc(Br)ccc2F)c[nH]1. The Morgan fingerprint density at radius 1 is 1.35 bits per heavy atom. The van der Waals surface area contributed by atoms with E-state index in [1.54, 1.807) is 7.05 Å². The topological polar surface area (TPSA) is 74.0 Å². The number of anilines is 1. The molecule has 1 heterocycles. The summed E-state index contributed by atoms with van der Waals surface area (Å²) < 4.78 is 40.7. The molecule has 8 heteroatoms. The number of benzene rings is 1. The van der Waals surface area contributed by atoms with Gasteiger partial charge in [0, 0.05) is 22.9 Å². The molecule has 0 amide bonds. The fraction of sp³-hybridized carbons (Fsp3) is 0.167. The first-order chi connectivity index (χ1) is 9.42. The summed E-state index contributed by atoms with van der Waals surface area (Å²) in [5.74, 6) is -0.636. The van der Waals surface area contributed by atoms with Crippen molar-refractivity contribution in [2.45, 2.75) is 11.4 Å². The minimum absolute atomic E-state index is 0.0575. The molecule has 0 spiro atoms. The van der Waals surface area contributed by atoms with Crippen molar-refractivity contribution in [3.8, 4) is 0 Å². The summed E-state index contributed by atoms with van der Waals surface area (Å²) >= 11 is 3.17. The van der Waals surface area contributed by atoms with Crippen LogP contribution in [-0.4, -0.2) is 20.4 Å². The molecule has 0 atom stereocenters. The molecule has 108 valence electrons. The second-order valence-electron chi connectivity index (χ2n) is 4.12. The van der Waals surface area contributed by atoms with Crippen molar-refractivity contribution >= 4 is 31.6 Å². The predicted octanol–water partition coefficient (Wildman–Crippen LogP) is 2.44. The largest absolute Gasteiger partial charge is 0.363 e. The zero-order valence-electron chi connectivity index (χ0n) is 10.6. The van der Waals surface area contributed by atoms with E-state index in [0.717, 1.165) is 5.69 Å². The van der Waals surface area contributed by atoms with E-state index >= 15 is 0 Å². The maximum absolute atomic E-state index is 13.6. The standard InChI is InChI=1S/C12H13BrFN3O2S/c1-15-6-9-5-10(7-16-9)20(18,19)17-12-4-8(13)2-3-11(12)14/h2-5,7,15-17H,6H2,1H3. The molecular formula is C12H13BrFN3O2S. The fourth-order valence-electron chi connectivity index (χ4n) is 1.65. The van der Waals surface area contributed by atoms with Crippen LogP contribution in [0.25, 0.3) is 0 Å². The fourth-order valence-corrected chi connectivity index (χ4v) is 3.08. The Balaban J connectivity index is 2.28. The van der Waals surface area contributed by atoms with Crippen molar-refractivity contribution in [2.24, 2.45) is 0 Å². The van der Waals surface area contributed by atoms with E-state index in [9.17, 15) is 12.8 Å². The van der Waals surface area contributed by atoms with E-state index in [2.05, 4.69) is 31.0 Å². The Morgan fingerprint density at radius 3 is 2.80 bits per heavy atom. The van der Waals surface area contributed by atoms with Crippen LogP contribution in [0.1, 0.15) is 5.69 Å². The van der Waals surface area contributed by atoms with E-state index in [1.165, 1.54) is 30.5 Å². The van der Waals surface area contributed by atoms with Crippen molar-refractivity contribution in [1.82, 2.24) is 10.3 Å². The van der Waals surface area contributed by atoms with Crippen LogP contribution in [-0.2, 0) is 16.6 Å². The molecular weight excluding hydrogens is 349 g/mol. The Morgan fingerprint density at radius 2 is 2.10 bits per heavy atom. The minimum Gasteiger partial charge on any atom is -0.363 e. The van der Waals surface area contributed by atoms with E-state index in [1.807, 2.05) is 0 Å². The van der Waals surface area contributed by atoms with Gasteiger partial charge in [-0.3, -0.25) is 4.72 Å². The lowest BCUT2D eigenvalue weighted by Gasteiger charge is -2.07. The maximum atomic E-state index is 13.6. The molecule has 0 bridgehead atoms. The lowest BCUT2D eigenvalue weighted by molar-refractivity contribution is 0.598. The molecule has 2 aromatic rings. The number of sulfonamides is 1. The second kappa shape index (κ2) is 5.94. The maximum Gasteiger partial charge on any atom is 0.263 e. The van der Waals surface area contributed by atoms with Gasteiger partial charge in [0.25, 0.3) is 10.0 Å². The summed E-state index contributed by atoms with van der Waals surface area (Å²) in [6.07, 6.45) is 1.37. The monoisotopic (exact) mass is 361 g/mol. The highest BCUT2D eigenvalue weighted by Crippen LogP contribution is 2.23. The van der Waals surface area contributed by atoms with Crippen LogP contribution in [0.4, 0.5) is 10.1 Å². The first-order valence-corrected chi connectivity index (χ1v) is 8.00. The summed E-state index contributed by atoms with van der Waals surface area (Å²) in [4.78, 5) is 2.90. The van der Waals surface area contributed by atoms with Gasteiger partial charge in [-0.25, -0.2) is 12.8 Å². The first-order valence-electron chi connectivity index (χ1n) is 5.72. The van der Waals surface area contributed by atoms with Crippen LogP contribution < -0.4 is 10.0 Å². The first kappa shape index (κ1) is 15.0. The number of rotatable bonds is 5. The minimum atomic E-state index is -3.82. The molecule has 5 nitrogen and oxygen atoms in total. The van der Waals surface area contributed by atoms with Crippen LogP contribution in [0.5, 0.6) is 0 Å². The Kier molecular flexibility index (Phi) is 4.46. The number of hydrogen-bond acceptors (Lipinski definition) is 3. The van der Waals surface area contributed by atoms with Crippen molar-refractivity contribution in [3.63, 3.8) is 0 Å². The quantitative estimate of drug-likeness (QED) is 0.765. The van der Waals surface area contributed by atoms with Crippen molar-refractivity contribution in [2.75, 3.05) is 11.8 Å². The van der Waals surface area contributed by atoms with Crippen molar-refractivity contribution < 1.29 is 12.8 Å². The van der Waals surface area contributed by atoms with E-state index in [4.69, 9.17) is 0 Å². The third-order valence-electron chi connectivity index (χ3n) is 2.57. The normalized spacial score (nSPS) is 11.6. The van der Waals surface area contributed by atoms with E-state index in [-0.39, 0.29) is 10.6 Å². The van der Waals surface area contributed by atoms with Gasteiger partial charge in [-0.15, -0.1) is 0 Å².